The van der Waals surface area contributed by atoms with E-state index in [2.05, 4.69) is 37.1 Å². The summed E-state index contributed by atoms with van der Waals surface area (Å²) >= 11 is 0. The van der Waals surface area contributed by atoms with Crippen molar-refractivity contribution < 1.29 is 14.0 Å². The number of hydrogen-bond donors (Lipinski definition) is 1. The number of carbonyl (C=O) groups is 2. The van der Waals surface area contributed by atoms with Crippen LogP contribution < -0.4 is 5.32 Å². The molecule has 1 aromatic heterocycles. The number of carbonyl (C=O) groups excluding carboxylic acids is 2. The first kappa shape index (κ1) is 18.7. The highest BCUT2D eigenvalue weighted by atomic mass is 16.3. The van der Waals surface area contributed by atoms with Crippen molar-refractivity contribution >= 4 is 22.8 Å². The molecule has 0 radical (unpaired) electrons. The highest BCUT2D eigenvalue weighted by molar-refractivity contribution is 5.92. The molecule has 29 heavy (non-hydrogen) atoms. The number of nitrogens with zero attached hydrogens (tertiary/aromatic N) is 1. The van der Waals surface area contributed by atoms with Crippen LogP contribution in [0, 0.1) is 19.3 Å². The molecule has 1 saturated carbocycles. The Bertz CT molecular complexity index is 989. The van der Waals surface area contributed by atoms with Gasteiger partial charge in [0.15, 0.2) is 0 Å². The van der Waals surface area contributed by atoms with E-state index in [1.807, 2.05) is 6.07 Å². The molecular weight excluding hydrogens is 364 g/mol. The van der Waals surface area contributed by atoms with Gasteiger partial charge < -0.3 is 14.6 Å². The quantitative estimate of drug-likeness (QED) is 0.833. The Morgan fingerprint density at radius 3 is 2.72 bits per heavy atom. The second-order valence-corrected chi connectivity index (χ2v) is 9.40. The largest absolute Gasteiger partial charge is 0.464 e. The summed E-state index contributed by atoms with van der Waals surface area (Å²) in [6.07, 6.45) is 7.81. The van der Waals surface area contributed by atoms with E-state index in [1.165, 1.54) is 0 Å². The van der Waals surface area contributed by atoms with Gasteiger partial charge in [-0.05, 0) is 69.6 Å². The summed E-state index contributed by atoms with van der Waals surface area (Å²) in [5.41, 5.74) is 3.70. The molecule has 0 unspecified atom stereocenters. The van der Waals surface area contributed by atoms with E-state index in [-0.39, 0.29) is 23.9 Å². The number of furan rings is 1. The van der Waals surface area contributed by atoms with Gasteiger partial charge in [0, 0.05) is 29.1 Å². The molecule has 2 bridgehead atoms. The van der Waals surface area contributed by atoms with Gasteiger partial charge in [-0.3, -0.25) is 9.59 Å². The van der Waals surface area contributed by atoms with E-state index in [1.54, 1.807) is 6.26 Å². The molecule has 3 aliphatic rings. The summed E-state index contributed by atoms with van der Waals surface area (Å²) in [5, 5.41) is 4.28. The van der Waals surface area contributed by atoms with Crippen LogP contribution in [0.25, 0.3) is 11.0 Å². The minimum atomic E-state index is -0.410. The van der Waals surface area contributed by atoms with Crippen molar-refractivity contribution in [3.05, 3.63) is 35.1 Å². The van der Waals surface area contributed by atoms with Crippen LogP contribution in [0.2, 0.25) is 0 Å². The Labute approximate surface area is 171 Å². The first-order valence-electron chi connectivity index (χ1n) is 11.0. The summed E-state index contributed by atoms with van der Waals surface area (Å²) in [6.45, 7) is 6.23. The van der Waals surface area contributed by atoms with Crippen molar-refractivity contribution in [1.82, 2.24) is 10.2 Å². The molecule has 2 amide bonds. The van der Waals surface area contributed by atoms with Crippen LogP contribution in [0.15, 0.2) is 22.8 Å². The maximum atomic E-state index is 13.4. The molecule has 2 saturated heterocycles. The van der Waals surface area contributed by atoms with Crippen LogP contribution in [0.5, 0.6) is 0 Å². The normalized spacial score (nSPS) is 28.3. The van der Waals surface area contributed by atoms with Gasteiger partial charge in [0.2, 0.25) is 11.8 Å². The van der Waals surface area contributed by atoms with Gasteiger partial charge in [-0.25, -0.2) is 0 Å². The molecule has 2 aliphatic heterocycles. The van der Waals surface area contributed by atoms with Gasteiger partial charge in [-0.15, -0.1) is 0 Å². The van der Waals surface area contributed by atoms with E-state index in [4.69, 9.17) is 4.42 Å². The van der Waals surface area contributed by atoms with E-state index in [0.29, 0.717) is 12.5 Å². The van der Waals surface area contributed by atoms with Crippen LogP contribution in [-0.2, 0) is 16.0 Å². The van der Waals surface area contributed by atoms with E-state index in [0.717, 1.165) is 66.2 Å². The minimum absolute atomic E-state index is 0.0326. The number of rotatable bonds is 5. The Morgan fingerprint density at radius 2 is 2.00 bits per heavy atom. The lowest BCUT2D eigenvalue weighted by Gasteiger charge is -2.35. The molecule has 1 N–H and O–H groups in total. The van der Waals surface area contributed by atoms with Gasteiger partial charge in [-0.2, -0.15) is 0 Å². The zero-order chi connectivity index (χ0) is 20.3. The van der Waals surface area contributed by atoms with Gasteiger partial charge in [0.1, 0.15) is 5.58 Å². The van der Waals surface area contributed by atoms with Crippen molar-refractivity contribution in [2.45, 2.75) is 83.8 Å². The molecule has 1 aromatic carbocycles. The standard InChI is InChI=1S/C24H30N2O3/c1-4-24(23(28)25-17-5-6-17)12-18-7-8-20(24)26(18)21(27)11-16-13-29-19-10-14(2)9-15(3)22(16)19/h9-10,13,17-18,20H,4-8,11-12H2,1-3H3,(H,25,28)/t18-,20+,24+/m1/s1. The van der Waals surface area contributed by atoms with Crippen LogP contribution in [0.3, 0.4) is 0 Å². The van der Waals surface area contributed by atoms with Crippen LogP contribution >= 0.6 is 0 Å². The maximum Gasteiger partial charge on any atom is 0.228 e. The summed E-state index contributed by atoms with van der Waals surface area (Å²) in [6, 6.07) is 4.75. The Morgan fingerprint density at radius 1 is 1.21 bits per heavy atom. The van der Waals surface area contributed by atoms with Crippen LogP contribution in [0.4, 0.5) is 0 Å². The lowest BCUT2D eigenvalue weighted by Crippen LogP contribution is -2.50. The van der Waals surface area contributed by atoms with Crippen molar-refractivity contribution in [2.75, 3.05) is 0 Å². The molecular formula is C24H30N2O3. The Balaban J connectivity index is 1.40. The first-order valence-corrected chi connectivity index (χ1v) is 11.0. The average molecular weight is 395 g/mol. The van der Waals surface area contributed by atoms with Crippen molar-refractivity contribution in [3.63, 3.8) is 0 Å². The lowest BCUT2D eigenvalue weighted by atomic mass is 9.71. The third-order valence-corrected chi connectivity index (χ3v) is 7.46. The predicted molar refractivity (Wildman–Crippen MR) is 112 cm³/mol. The number of nitrogens with one attached hydrogen (secondary N) is 1. The molecule has 3 atom stereocenters. The van der Waals surface area contributed by atoms with Crippen molar-refractivity contribution in [3.8, 4) is 0 Å². The number of aryl methyl sites for hydroxylation is 2. The highest BCUT2D eigenvalue weighted by Gasteiger charge is 2.60. The van der Waals surface area contributed by atoms with Crippen LogP contribution in [0.1, 0.15) is 62.1 Å². The molecule has 3 heterocycles. The van der Waals surface area contributed by atoms with Crippen molar-refractivity contribution in [2.24, 2.45) is 5.41 Å². The predicted octanol–water partition coefficient (Wildman–Crippen LogP) is 4.03. The molecule has 3 fully saturated rings. The zero-order valence-corrected chi connectivity index (χ0v) is 17.6. The first-order chi connectivity index (χ1) is 13.9. The molecule has 1 aliphatic carbocycles. The highest BCUT2D eigenvalue weighted by Crippen LogP contribution is 2.52. The second-order valence-electron chi connectivity index (χ2n) is 9.40. The van der Waals surface area contributed by atoms with Gasteiger partial charge in [0.25, 0.3) is 0 Å². The van der Waals surface area contributed by atoms with E-state index in [9.17, 15) is 9.59 Å². The lowest BCUT2D eigenvalue weighted by molar-refractivity contribution is -0.136. The smallest absolute Gasteiger partial charge is 0.228 e. The molecule has 5 rings (SSSR count). The van der Waals surface area contributed by atoms with Crippen molar-refractivity contribution in [1.29, 1.82) is 0 Å². The Hall–Kier alpha value is -2.30. The number of amides is 2. The minimum Gasteiger partial charge on any atom is -0.464 e. The number of benzene rings is 1. The third kappa shape index (κ3) is 2.89. The van der Waals surface area contributed by atoms with Gasteiger partial charge >= 0.3 is 0 Å². The monoisotopic (exact) mass is 394 g/mol. The van der Waals surface area contributed by atoms with E-state index < -0.39 is 5.41 Å². The third-order valence-electron chi connectivity index (χ3n) is 7.46. The fraction of sp³-hybridized carbons (Fsp3) is 0.583. The summed E-state index contributed by atoms with van der Waals surface area (Å²) in [7, 11) is 0. The zero-order valence-electron chi connectivity index (χ0n) is 17.6. The van der Waals surface area contributed by atoms with Crippen LogP contribution in [-0.4, -0.2) is 34.8 Å². The summed E-state index contributed by atoms with van der Waals surface area (Å²) < 4.78 is 5.76. The molecule has 2 aromatic rings. The van der Waals surface area contributed by atoms with Gasteiger partial charge in [0.05, 0.1) is 18.1 Å². The molecule has 5 heteroatoms. The topological polar surface area (TPSA) is 62.6 Å². The number of fused-ring (bicyclic) bond motifs is 3. The average Bonchev–Trinajstić information content (AvgIpc) is 3.13. The SMILES string of the molecule is CC[C@]1(C(=O)NC2CC2)C[C@H]2CC[C@@H]1N2C(=O)Cc1coc2cc(C)cc(C)c12. The molecule has 0 spiro atoms. The summed E-state index contributed by atoms with van der Waals surface area (Å²) in [4.78, 5) is 28.6. The Kier molecular flexibility index (Phi) is 4.27. The molecule has 5 nitrogen and oxygen atoms in total. The fourth-order valence-electron chi connectivity index (χ4n) is 5.91. The fourth-order valence-corrected chi connectivity index (χ4v) is 5.91. The van der Waals surface area contributed by atoms with Gasteiger partial charge in [-0.1, -0.05) is 13.0 Å². The second kappa shape index (κ2) is 6.61. The molecule has 154 valence electrons. The number of hydrogen-bond acceptors (Lipinski definition) is 3. The van der Waals surface area contributed by atoms with E-state index >= 15 is 0 Å². The summed E-state index contributed by atoms with van der Waals surface area (Å²) in [5.74, 6) is 0.308. The maximum absolute atomic E-state index is 13.4.